The van der Waals surface area contributed by atoms with Crippen molar-refractivity contribution in [3.05, 3.63) is 81.9 Å². The summed E-state index contributed by atoms with van der Waals surface area (Å²) in [6.07, 6.45) is 0.640. The number of hydrogen-bond acceptors (Lipinski definition) is 5. The van der Waals surface area contributed by atoms with E-state index in [2.05, 4.69) is 37.3 Å². The van der Waals surface area contributed by atoms with Crippen molar-refractivity contribution in [2.24, 2.45) is 0 Å². The van der Waals surface area contributed by atoms with Crippen LogP contribution in [0.25, 0.3) is 11.5 Å². The number of hydrogen-bond donors (Lipinski definition) is 0. The molecule has 4 rings (SSSR count). The summed E-state index contributed by atoms with van der Waals surface area (Å²) in [4.78, 5) is 0. The van der Waals surface area contributed by atoms with E-state index in [0.29, 0.717) is 31.4 Å². The SMILES string of the molecule is Cc1cc(C)n(CCc2nnc(-c3cccc(COc4cccc(Br)c4)c3)o2)n1. The maximum absolute atomic E-state index is 5.86. The fraction of sp³-hybridized carbons (Fsp3) is 0.227. The van der Waals surface area contributed by atoms with Crippen molar-refractivity contribution < 1.29 is 9.15 Å². The topological polar surface area (TPSA) is 66.0 Å². The van der Waals surface area contributed by atoms with Gasteiger partial charge in [-0.1, -0.05) is 34.1 Å². The first-order valence-electron chi connectivity index (χ1n) is 9.38. The Hall–Kier alpha value is -2.93. The number of rotatable bonds is 7. The van der Waals surface area contributed by atoms with Crippen LogP contribution in [-0.2, 0) is 19.6 Å². The standard InChI is InChI=1S/C22H21BrN4O2/c1-15-11-16(2)27(26-15)10-9-21-24-25-22(29-21)18-6-3-5-17(12-18)14-28-20-8-4-7-19(23)13-20/h3-8,11-13H,9-10,14H2,1-2H3. The van der Waals surface area contributed by atoms with Crippen molar-refractivity contribution in [2.75, 3.05) is 0 Å². The molecule has 4 aromatic rings. The van der Waals surface area contributed by atoms with Crippen LogP contribution in [0.15, 0.2) is 63.5 Å². The van der Waals surface area contributed by atoms with Crippen LogP contribution in [0, 0.1) is 13.8 Å². The lowest BCUT2D eigenvalue weighted by Crippen LogP contribution is -2.05. The molecule has 2 aromatic carbocycles. The van der Waals surface area contributed by atoms with E-state index in [9.17, 15) is 0 Å². The van der Waals surface area contributed by atoms with E-state index in [1.54, 1.807) is 0 Å². The van der Waals surface area contributed by atoms with E-state index in [4.69, 9.17) is 9.15 Å². The molecule has 0 aliphatic rings. The Morgan fingerprint density at radius 2 is 1.90 bits per heavy atom. The zero-order valence-electron chi connectivity index (χ0n) is 16.3. The zero-order valence-corrected chi connectivity index (χ0v) is 17.9. The Balaban J connectivity index is 1.41. The third-order valence-electron chi connectivity index (χ3n) is 4.48. The second-order valence-electron chi connectivity index (χ2n) is 6.85. The lowest BCUT2D eigenvalue weighted by atomic mass is 10.1. The molecule has 0 saturated heterocycles. The van der Waals surface area contributed by atoms with Crippen molar-refractivity contribution in [2.45, 2.75) is 33.4 Å². The van der Waals surface area contributed by atoms with Crippen molar-refractivity contribution in [1.29, 1.82) is 0 Å². The van der Waals surface area contributed by atoms with Crippen LogP contribution >= 0.6 is 15.9 Å². The molecule has 0 aliphatic heterocycles. The van der Waals surface area contributed by atoms with E-state index in [0.717, 1.165) is 32.7 Å². The molecule has 2 heterocycles. The molecular weight excluding hydrogens is 432 g/mol. The summed E-state index contributed by atoms with van der Waals surface area (Å²) in [6, 6.07) is 17.8. The van der Waals surface area contributed by atoms with Gasteiger partial charge in [-0.3, -0.25) is 4.68 Å². The summed E-state index contributed by atoms with van der Waals surface area (Å²) in [5.41, 5.74) is 4.05. The summed E-state index contributed by atoms with van der Waals surface area (Å²) in [7, 11) is 0. The first-order valence-corrected chi connectivity index (χ1v) is 10.2. The lowest BCUT2D eigenvalue weighted by molar-refractivity contribution is 0.306. The smallest absolute Gasteiger partial charge is 0.247 e. The number of halogens is 1. The first-order chi connectivity index (χ1) is 14.1. The molecule has 0 saturated carbocycles. The van der Waals surface area contributed by atoms with E-state index < -0.39 is 0 Å². The van der Waals surface area contributed by atoms with Gasteiger partial charge in [0.05, 0.1) is 5.69 Å². The summed E-state index contributed by atoms with van der Waals surface area (Å²) < 4.78 is 14.7. The second-order valence-corrected chi connectivity index (χ2v) is 7.76. The average molecular weight is 453 g/mol. The highest BCUT2D eigenvalue weighted by molar-refractivity contribution is 9.10. The van der Waals surface area contributed by atoms with Crippen LogP contribution in [0.2, 0.25) is 0 Å². The summed E-state index contributed by atoms with van der Waals surface area (Å²) in [5.74, 6) is 1.93. The normalized spacial score (nSPS) is 11.0. The third-order valence-corrected chi connectivity index (χ3v) is 4.98. The fourth-order valence-corrected chi connectivity index (χ4v) is 3.47. The number of nitrogens with zero attached hydrogens (tertiary/aromatic N) is 4. The minimum Gasteiger partial charge on any atom is -0.489 e. The van der Waals surface area contributed by atoms with Gasteiger partial charge in [0.25, 0.3) is 0 Å². The zero-order chi connectivity index (χ0) is 20.2. The lowest BCUT2D eigenvalue weighted by Gasteiger charge is -2.07. The molecule has 0 aliphatic carbocycles. The summed E-state index contributed by atoms with van der Waals surface area (Å²) >= 11 is 3.45. The van der Waals surface area contributed by atoms with Gasteiger partial charge in [0.15, 0.2) is 0 Å². The quantitative estimate of drug-likeness (QED) is 0.388. The molecule has 0 spiro atoms. The van der Waals surface area contributed by atoms with Crippen molar-refractivity contribution in [3.8, 4) is 17.2 Å². The van der Waals surface area contributed by atoms with Gasteiger partial charge in [-0.25, -0.2) is 0 Å². The van der Waals surface area contributed by atoms with Crippen LogP contribution in [0.1, 0.15) is 22.8 Å². The Morgan fingerprint density at radius 3 is 2.69 bits per heavy atom. The Labute approximate surface area is 177 Å². The molecule has 0 N–H and O–H groups in total. The van der Waals surface area contributed by atoms with E-state index in [-0.39, 0.29) is 0 Å². The predicted molar refractivity (Wildman–Crippen MR) is 114 cm³/mol. The molecule has 2 aromatic heterocycles. The van der Waals surface area contributed by atoms with Crippen LogP contribution < -0.4 is 4.74 Å². The van der Waals surface area contributed by atoms with Gasteiger partial charge in [-0.2, -0.15) is 5.10 Å². The molecule has 0 fully saturated rings. The maximum Gasteiger partial charge on any atom is 0.247 e. The Morgan fingerprint density at radius 1 is 1.03 bits per heavy atom. The number of benzene rings is 2. The highest BCUT2D eigenvalue weighted by Gasteiger charge is 2.10. The van der Waals surface area contributed by atoms with Gasteiger partial charge in [-0.15, -0.1) is 10.2 Å². The van der Waals surface area contributed by atoms with Crippen molar-refractivity contribution >= 4 is 15.9 Å². The predicted octanol–water partition coefficient (Wildman–Crippen LogP) is 5.13. The molecule has 6 nitrogen and oxygen atoms in total. The highest BCUT2D eigenvalue weighted by Crippen LogP contribution is 2.22. The Bertz CT molecular complexity index is 1120. The summed E-state index contributed by atoms with van der Waals surface area (Å²) in [6.45, 7) is 5.20. The molecular formula is C22H21BrN4O2. The van der Waals surface area contributed by atoms with Crippen LogP contribution in [0.4, 0.5) is 0 Å². The largest absolute Gasteiger partial charge is 0.489 e. The number of aromatic nitrogens is 4. The highest BCUT2D eigenvalue weighted by atomic mass is 79.9. The molecule has 0 radical (unpaired) electrons. The summed E-state index contributed by atoms with van der Waals surface area (Å²) in [5, 5.41) is 12.8. The van der Waals surface area contributed by atoms with Crippen LogP contribution in [-0.4, -0.2) is 20.0 Å². The molecule has 7 heteroatoms. The van der Waals surface area contributed by atoms with Gasteiger partial charge in [0.1, 0.15) is 12.4 Å². The molecule has 29 heavy (non-hydrogen) atoms. The number of ether oxygens (including phenoxy) is 1. The van der Waals surface area contributed by atoms with E-state index in [1.165, 1.54) is 0 Å². The first kappa shape index (κ1) is 19.4. The van der Waals surface area contributed by atoms with E-state index >= 15 is 0 Å². The molecule has 0 unspecified atom stereocenters. The third kappa shape index (κ3) is 4.92. The van der Waals surface area contributed by atoms with E-state index in [1.807, 2.05) is 67.1 Å². The van der Waals surface area contributed by atoms with Crippen molar-refractivity contribution in [1.82, 2.24) is 20.0 Å². The van der Waals surface area contributed by atoms with Gasteiger partial charge < -0.3 is 9.15 Å². The van der Waals surface area contributed by atoms with Gasteiger partial charge in [-0.05, 0) is 55.8 Å². The molecule has 148 valence electrons. The molecule has 0 atom stereocenters. The van der Waals surface area contributed by atoms with Crippen molar-refractivity contribution in [3.63, 3.8) is 0 Å². The van der Waals surface area contributed by atoms with Crippen LogP contribution in [0.3, 0.4) is 0 Å². The van der Waals surface area contributed by atoms with Crippen LogP contribution in [0.5, 0.6) is 5.75 Å². The maximum atomic E-state index is 5.86. The monoisotopic (exact) mass is 452 g/mol. The average Bonchev–Trinajstić information content (AvgIpc) is 3.31. The van der Waals surface area contributed by atoms with Gasteiger partial charge in [0, 0.05) is 28.7 Å². The van der Waals surface area contributed by atoms with Gasteiger partial charge in [0.2, 0.25) is 11.8 Å². The fourth-order valence-electron chi connectivity index (χ4n) is 3.09. The van der Waals surface area contributed by atoms with Gasteiger partial charge >= 0.3 is 0 Å². The molecule has 0 amide bonds. The second kappa shape index (κ2) is 8.61. The Kier molecular flexibility index (Phi) is 5.76. The minimum atomic E-state index is 0.462. The number of aryl methyl sites for hydroxylation is 4. The molecule has 0 bridgehead atoms. The minimum absolute atomic E-state index is 0.462.